The van der Waals surface area contributed by atoms with Crippen LogP contribution in [-0.2, 0) is 12.8 Å². The topological polar surface area (TPSA) is 58.0 Å². The Labute approximate surface area is 151 Å². The third-order valence-corrected chi connectivity index (χ3v) is 6.88. The lowest BCUT2D eigenvalue weighted by molar-refractivity contribution is 0.282. The van der Waals surface area contributed by atoms with E-state index in [1.165, 1.54) is 52.8 Å². The van der Waals surface area contributed by atoms with Crippen LogP contribution in [0.25, 0.3) is 10.2 Å². The number of anilines is 1. The third kappa shape index (κ3) is 3.28. The molecule has 2 aliphatic carbocycles. The van der Waals surface area contributed by atoms with Crippen molar-refractivity contribution in [3.8, 4) is 0 Å². The second-order valence-corrected chi connectivity index (χ2v) is 8.90. The van der Waals surface area contributed by atoms with Crippen LogP contribution in [0.15, 0.2) is 0 Å². The standard InChI is InChI=1S/C18H25N3OS2/c1-23-10-12(8-9-22)19-17-15-13-4-2-3-5-14(13)24-18(15)21-16(20-17)11-6-7-11/h11-12,22H,2-10H2,1H3,(H,19,20,21). The number of thioether (sulfide) groups is 1. The molecule has 2 aromatic heterocycles. The molecule has 1 fully saturated rings. The average molecular weight is 364 g/mol. The molecular formula is C18H25N3OS2. The predicted molar refractivity (Wildman–Crippen MR) is 104 cm³/mol. The van der Waals surface area contributed by atoms with Gasteiger partial charge in [-0.1, -0.05) is 0 Å². The molecule has 2 aromatic rings. The quantitative estimate of drug-likeness (QED) is 0.779. The molecule has 0 bridgehead atoms. The van der Waals surface area contributed by atoms with Gasteiger partial charge in [-0.05, 0) is 56.8 Å². The van der Waals surface area contributed by atoms with E-state index in [1.54, 1.807) is 0 Å². The van der Waals surface area contributed by atoms with Gasteiger partial charge < -0.3 is 10.4 Å². The number of rotatable bonds is 7. The van der Waals surface area contributed by atoms with Gasteiger partial charge in [-0.15, -0.1) is 11.3 Å². The van der Waals surface area contributed by atoms with Crippen LogP contribution in [0.1, 0.15) is 54.3 Å². The second kappa shape index (κ2) is 7.18. The number of hydrogen-bond acceptors (Lipinski definition) is 6. The molecule has 0 saturated heterocycles. The molecule has 2 aliphatic rings. The van der Waals surface area contributed by atoms with E-state index in [9.17, 15) is 5.11 Å². The summed E-state index contributed by atoms with van der Waals surface area (Å²) < 4.78 is 0. The van der Waals surface area contributed by atoms with Gasteiger partial charge in [-0.2, -0.15) is 11.8 Å². The Hall–Kier alpha value is -0.850. The highest BCUT2D eigenvalue weighted by Gasteiger charge is 2.29. The number of aliphatic hydroxyl groups is 1. The lowest BCUT2D eigenvalue weighted by Crippen LogP contribution is -2.24. The molecule has 6 heteroatoms. The molecule has 1 atom stereocenters. The average Bonchev–Trinajstić information content (AvgIpc) is 3.36. The second-order valence-electron chi connectivity index (χ2n) is 6.90. The summed E-state index contributed by atoms with van der Waals surface area (Å²) >= 11 is 3.69. The number of thiophene rings is 1. The summed E-state index contributed by atoms with van der Waals surface area (Å²) in [7, 11) is 0. The van der Waals surface area contributed by atoms with Crippen molar-refractivity contribution in [1.29, 1.82) is 0 Å². The fourth-order valence-electron chi connectivity index (χ4n) is 3.55. The summed E-state index contributed by atoms with van der Waals surface area (Å²) in [5, 5.41) is 14.3. The predicted octanol–water partition coefficient (Wildman–Crippen LogP) is 3.97. The third-order valence-electron chi connectivity index (χ3n) is 4.96. The lowest BCUT2D eigenvalue weighted by atomic mass is 9.97. The van der Waals surface area contributed by atoms with Gasteiger partial charge in [-0.25, -0.2) is 9.97 Å². The van der Waals surface area contributed by atoms with E-state index < -0.39 is 0 Å². The Morgan fingerprint density at radius 2 is 2.12 bits per heavy atom. The summed E-state index contributed by atoms with van der Waals surface area (Å²) in [6, 6.07) is 0.259. The molecule has 4 nitrogen and oxygen atoms in total. The highest BCUT2D eigenvalue weighted by molar-refractivity contribution is 7.98. The first kappa shape index (κ1) is 16.6. The van der Waals surface area contributed by atoms with Gasteiger partial charge in [0, 0.05) is 29.2 Å². The van der Waals surface area contributed by atoms with E-state index in [4.69, 9.17) is 9.97 Å². The van der Waals surface area contributed by atoms with E-state index in [2.05, 4.69) is 11.6 Å². The van der Waals surface area contributed by atoms with Gasteiger partial charge in [0.05, 0.1) is 5.39 Å². The zero-order valence-electron chi connectivity index (χ0n) is 14.2. The highest BCUT2D eigenvalue weighted by atomic mass is 32.2. The maximum absolute atomic E-state index is 9.38. The Kier molecular flexibility index (Phi) is 4.97. The van der Waals surface area contributed by atoms with Crippen LogP contribution in [-0.4, -0.2) is 39.7 Å². The Morgan fingerprint density at radius 3 is 2.88 bits per heavy atom. The minimum absolute atomic E-state index is 0.212. The van der Waals surface area contributed by atoms with Crippen molar-refractivity contribution < 1.29 is 5.11 Å². The molecule has 1 saturated carbocycles. The fraction of sp³-hybridized carbons (Fsp3) is 0.667. The minimum Gasteiger partial charge on any atom is -0.396 e. The number of aromatic nitrogens is 2. The number of fused-ring (bicyclic) bond motifs is 3. The van der Waals surface area contributed by atoms with Crippen molar-refractivity contribution in [3.05, 3.63) is 16.3 Å². The van der Waals surface area contributed by atoms with Gasteiger partial charge >= 0.3 is 0 Å². The number of hydrogen-bond donors (Lipinski definition) is 2. The smallest absolute Gasteiger partial charge is 0.139 e. The maximum atomic E-state index is 9.38. The summed E-state index contributed by atoms with van der Waals surface area (Å²) in [6.07, 6.45) is 10.2. The summed E-state index contributed by atoms with van der Waals surface area (Å²) in [5.41, 5.74) is 1.48. The van der Waals surface area contributed by atoms with Crippen LogP contribution < -0.4 is 5.32 Å². The lowest BCUT2D eigenvalue weighted by Gasteiger charge is -2.19. The minimum atomic E-state index is 0.212. The van der Waals surface area contributed by atoms with Crippen molar-refractivity contribution in [1.82, 2.24) is 9.97 Å². The zero-order chi connectivity index (χ0) is 16.5. The van der Waals surface area contributed by atoms with E-state index >= 15 is 0 Å². The molecule has 0 radical (unpaired) electrons. The SMILES string of the molecule is CSCC(CCO)Nc1nc(C2CC2)nc2sc3c(c12)CCCC3. The molecule has 0 aliphatic heterocycles. The van der Waals surface area contributed by atoms with Crippen molar-refractivity contribution >= 4 is 39.1 Å². The molecule has 24 heavy (non-hydrogen) atoms. The summed E-state index contributed by atoms with van der Waals surface area (Å²) in [6.45, 7) is 0.212. The van der Waals surface area contributed by atoms with Crippen LogP contribution in [0, 0.1) is 0 Å². The summed E-state index contributed by atoms with van der Waals surface area (Å²) in [5.74, 6) is 3.59. The first-order valence-corrected chi connectivity index (χ1v) is 11.2. The van der Waals surface area contributed by atoms with Crippen molar-refractivity contribution in [2.45, 2.75) is 56.9 Å². The first-order chi connectivity index (χ1) is 11.8. The molecule has 1 unspecified atom stereocenters. The Bertz CT molecular complexity index is 721. The highest BCUT2D eigenvalue weighted by Crippen LogP contribution is 2.43. The largest absolute Gasteiger partial charge is 0.396 e. The Morgan fingerprint density at radius 1 is 1.29 bits per heavy atom. The normalized spacial score (nSPS) is 18.6. The molecule has 130 valence electrons. The molecule has 4 rings (SSSR count). The molecule has 2 N–H and O–H groups in total. The van der Waals surface area contributed by atoms with E-state index in [0.29, 0.717) is 5.92 Å². The van der Waals surface area contributed by atoms with Crippen molar-refractivity contribution in [2.24, 2.45) is 0 Å². The van der Waals surface area contributed by atoms with Crippen LogP contribution >= 0.6 is 23.1 Å². The van der Waals surface area contributed by atoms with Crippen LogP contribution in [0.2, 0.25) is 0 Å². The van der Waals surface area contributed by atoms with Crippen LogP contribution in [0.4, 0.5) is 5.82 Å². The van der Waals surface area contributed by atoms with Gasteiger partial charge in [0.1, 0.15) is 16.5 Å². The van der Waals surface area contributed by atoms with E-state index in [1.807, 2.05) is 23.1 Å². The van der Waals surface area contributed by atoms with Crippen LogP contribution in [0.3, 0.4) is 0 Å². The van der Waals surface area contributed by atoms with Crippen LogP contribution in [0.5, 0.6) is 0 Å². The number of nitrogens with one attached hydrogen (secondary N) is 1. The maximum Gasteiger partial charge on any atom is 0.139 e. The van der Waals surface area contributed by atoms with Gasteiger partial charge in [-0.3, -0.25) is 0 Å². The molecule has 0 amide bonds. The van der Waals surface area contributed by atoms with Gasteiger partial charge in [0.2, 0.25) is 0 Å². The van der Waals surface area contributed by atoms with Gasteiger partial charge in [0.15, 0.2) is 0 Å². The molecule has 0 aromatic carbocycles. The van der Waals surface area contributed by atoms with E-state index in [-0.39, 0.29) is 12.6 Å². The van der Waals surface area contributed by atoms with E-state index in [0.717, 1.165) is 30.2 Å². The number of aryl methyl sites for hydroxylation is 2. The molecule has 0 spiro atoms. The first-order valence-electron chi connectivity index (χ1n) is 8.98. The van der Waals surface area contributed by atoms with Gasteiger partial charge in [0.25, 0.3) is 0 Å². The summed E-state index contributed by atoms with van der Waals surface area (Å²) in [4.78, 5) is 12.5. The molecule has 2 heterocycles. The van der Waals surface area contributed by atoms with Crippen molar-refractivity contribution in [2.75, 3.05) is 23.9 Å². The number of nitrogens with zero attached hydrogens (tertiary/aromatic N) is 2. The van der Waals surface area contributed by atoms with Crippen molar-refractivity contribution in [3.63, 3.8) is 0 Å². The zero-order valence-corrected chi connectivity index (χ0v) is 15.8. The number of aliphatic hydroxyl groups excluding tert-OH is 1. The monoisotopic (exact) mass is 363 g/mol. The fourth-order valence-corrected chi connectivity index (χ4v) is 5.47. The molecular weight excluding hydrogens is 338 g/mol. The Balaban J connectivity index is 1.76.